The maximum absolute atomic E-state index is 13.0. The second kappa shape index (κ2) is 12.6. The molecule has 1 aliphatic carbocycles. The van der Waals surface area contributed by atoms with E-state index in [0.29, 0.717) is 5.76 Å². The molecule has 49 heavy (non-hydrogen) atoms. The van der Waals surface area contributed by atoms with E-state index in [4.69, 9.17) is 9.47 Å². The minimum absolute atomic E-state index is 0.0725. The molecule has 6 nitrogen and oxygen atoms in total. The molecule has 3 aromatic rings. The van der Waals surface area contributed by atoms with Gasteiger partial charge in [0.15, 0.2) is 17.2 Å². The number of ether oxygens (including phenoxy) is 2. The van der Waals surface area contributed by atoms with Gasteiger partial charge in [0.2, 0.25) is 5.69 Å². The predicted octanol–water partition coefficient (Wildman–Crippen LogP) is 9.66. The van der Waals surface area contributed by atoms with Crippen LogP contribution < -0.4 is 9.64 Å². The van der Waals surface area contributed by atoms with Crippen LogP contribution >= 0.6 is 0 Å². The molecule has 0 fully saturated rings. The monoisotopic (exact) mass is 657 g/mol. The topological polar surface area (TPSA) is 62.0 Å². The van der Waals surface area contributed by atoms with E-state index in [1.54, 1.807) is 39.0 Å². The van der Waals surface area contributed by atoms with Gasteiger partial charge in [0, 0.05) is 41.6 Å². The van der Waals surface area contributed by atoms with Crippen molar-refractivity contribution < 1.29 is 24.0 Å². The maximum atomic E-state index is 13.0. The van der Waals surface area contributed by atoms with Gasteiger partial charge in [0.25, 0.3) is 0 Å². The van der Waals surface area contributed by atoms with E-state index in [-0.39, 0.29) is 27.9 Å². The molecule has 0 amide bonds. The maximum Gasteiger partial charge on any atom is 0.342 e. The summed E-state index contributed by atoms with van der Waals surface area (Å²) >= 11 is 0. The van der Waals surface area contributed by atoms with Crippen molar-refractivity contribution in [2.24, 2.45) is 0 Å². The lowest BCUT2D eigenvalue weighted by atomic mass is 9.81. The van der Waals surface area contributed by atoms with Crippen LogP contribution in [0.3, 0.4) is 0 Å². The number of allylic oxidation sites excluding steroid dienone is 7. The average molecular weight is 658 g/mol. The van der Waals surface area contributed by atoms with Crippen molar-refractivity contribution in [1.29, 1.82) is 0 Å². The number of fused-ring (bicyclic) bond motifs is 2. The average Bonchev–Trinajstić information content (AvgIpc) is 3.36. The number of nitrogens with zero attached hydrogens (tertiary/aromatic N) is 2. The summed E-state index contributed by atoms with van der Waals surface area (Å²) in [6, 6.07) is 22.1. The van der Waals surface area contributed by atoms with Gasteiger partial charge in [0.05, 0.1) is 5.41 Å². The third kappa shape index (κ3) is 6.25. The van der Waals surface area contributed by atoms with E-state index in [1.165, 1.54) is 33.9 Å². The Bertz CT molecular complexity index is 1980. The summed E-state index contributed by atoms with van der Waals surface area (Å²) in [4.78, 5) is 15.3. The number of carbonyl (C=O) groups excluding carboxylic acids is 1. The summed E-state index contributed by atoms with van der Waals surface area (Å²) in [7, 11) is 4.24. The van der Waals surface area contributed by atoms with Crippen molar-refractivity contribution in [3.05, 3.63) is 130 Å². The molecule has 2 heterocycles. The number of rotatable bonds is 6. The number of anilines is 1. The van der Waals surface area contributed by atoms with Crippen LogP contribution in [0.25, 0.3) is 0 Å². The molecule has 6 heteroatoms. The number of likely N-dealkylation sites (N-methyl/N-ethyl adjacent to an activating group) is 1. The smallest absolute Gasteiger partial charge is 0.342 e. The number of hydrogen-bond acceptors (Lipinski definition) is 5. The number of hydrogen-bond donors (Lipinski definition) is 1. The fraction of sp³-hybridized carbons (Fsp3) is 0.349. The van der Waals surface area contributed by atoms with Gasteiger partial charge in [-0.2, -0.15) is 4.58 Å². The fourth-order valence-corrected chi connectivity index (χ4v) is 7.53. The molecule has 0 atom stereocenters. The Morgan fingerprint density at radius 3 is 2.27 bits per heavy atom. The summed E-state index contributed by atoms with van der Waals surface area (Å²) in [5.74, 6) is 0.0870. The number of para-hydroxylation sites is 3. The van der Waals surface area contributed by atoms with Crippen molar-refractivity contribution in [2.45, 2.75) is 84.2 Å². The van der Waals surface area contributed by atoms with Gasteiger partial charge < -0.3 is 19.5 Å². The first-order chi connectivity index (χ1) is 23.1. The molecule has 0 bridgehead atoms. The van der Waals surface area contributed by atoms with Crippen LogP contribution in [-0.2, 0) is 15.6 Å². The van der Waals surface area contributed by atoms with Gasteiger partial charge in [-0.1, -0.05) is 62.4 Å². The van der Waals surface area contributed by atoms with Crippen molar-refractivity contribution in [3.8, 4) is 11.5 Å². The largest absolute Gasteiger partial charge is 0.504 e. The van der Waals surface area contributed by atoms with Gasteiger partial charge in [-0.15, -0.1) is 0 Å². The number of phenolic OH excluding ortho intramolecular Hbond substituents is 1. The van der Waals surface area contributed by atoms with Crippen molar-refractivity contribution in [1.82, 2.24) is 0 Å². The van der Waals surface area contributed by atoms with Crippen LogP contribution in [0.2, 0.25) is 0 Å². The van der Waals surface area contributed by atoms with Crippen LogP contribution in [0.1, 0.15) is 89.2 Å². The molecule has 3 aliphatic rings. The summed E-state index contributed by atoms with van der Waals surface area (Å²) in [6.07, 6.45) is 11.3. The van der Waals surface area contributed by atoms with Crippen molar-refractivity contribution in [2.75, 3.05) is 19.0 Å². The molecule has 3 aromatic carbocycles. The van der Waals surface area contributed by atoms with Crippen molar-refractivity contribution in [3.63, 3.8) is 0 Å². The van der Waals surface area contributed by atoms with Gasteiger partial charge in [-0.05, 0) is 101 Å². The highest BCUT2D eigenvalue weighted by atomic mass is 16.6. The first-order valence-corrected chi connectivity index (χ1v) is 17.2. The first kappa shape index (κ1) is 34.0. The lowest BCUT2D eigenvalue weighted by molar-refractivity contribution is -0.401. The van der Waals surface area contributed by atoms with E-state index in [9.17, 15) is 9.90 Å². The number of esters is 1. The van der Waals surface area contributed by atoms with Gasteiger partial charge in [-0.25, -0.2) is 4.79 Å². The van der Waals surface area contributed by atoms with Crippen LogP contribution in [0.4, 0.5) is 11.4 Å². The fourth-order valence-electron chi connectivity index (χ4n) is 7.53. The molecule has 0 aromatic heterocycles. The Labute approximate surface area is 291 Å². The Balaban J connectivity index is 1.44. The normalized spacial score (nSPS) is 20.0. The third-order valence-electron chi connectivity index (χ3n) is 10.1. The van der Waals surface area contributed by atoms with E-state index < -0.39 is 11.6 Å². The van der Waals surface area contributed by atoms with E-state index in [0.717, 1.165) is 30.4 Å². The van der Waals surface area contributed by atoms with Crippen LogP contribution in [0.5, 0.6) is 11.5 Å². The molecule has 1 N–H and O–H groups in total. The Morgan fingerprint density at radius 1 is 0.878 bits per heavy atom. The molecule has 6 rings (SSSR count). The Hall–Kier alpha value is -4.84. The number of phenols is 1. The standard InChI is InChI=1S/C43H48N2O4/c1-41(2,3)49-40(47)30-18-15-23-35(38(30)46)48-39-28(24-26-36-42(4,5)31-19-10-12-21-33(31)44(36)8)16-14-17-29(39)25-27-37-43(6,7)32-20-11-13-22-34(32)45(37)9/h10-13,15,18-27H,14,16-17H2,1-9H3/p+1. The molecule has 2 aliphatic heterocycles. The van der Waals surface area contributed by atoms with Gasteiger partial charge >= 0.3 is 5.97 Å². The number of carbonyl (C=O) groups is 1. The molecule has 0 radical (unpaired) electrons. The van der Waals surface area contributed by atoms with Gasteiger partial charge in [0.1, 0.15) is 24.0 Å². The molecule has 0 saturated carbocycles. The number of aromatic hydroxyl groups is 1. The second-order valence-electron chi connectivity index (χ2n) is 15.3. The molecule has 0 saturated heterocycles. The summed E-state index contributed by atoms with van der Waals surface area (Å²) in [5, 5.41) is 11.4. The van der Waals surface area contributed by atoms with E-state index in [2.05, 4.69) is 124 Å². The summed E-state index contributed by atoms with van der Waals surface area (Å²) < 4.78 is 14.5. The lowest BCUT2D eigenvalue weighted by Crippen LogP contribution is -2.26. The zero-order valence-electron chi connectivity index (χ0n) is 30.3. The minimum atomic E-state index is -0.701. The highest BCUT2D eigenvalue weighted by Crippen LogP contribution is 2.47. The Kier molecular flexibility index (Phi) is 8.72. The zero-order chi connectivity index (χ0) is 35.3. The van der Waals surface area contributed by atoms with Gasteiger partial charge in [-0.3, -0.25) is 0 Å². The summed E-state index contributed by atoms with van der Waals surface area (Å²) in [6.45, 7) is 14.5. The predicted molar refractivity (Wildman–Crippen MR) is 198 cm³/mol. The first-order valence-electron chi connectivity index (χ1n) is 17.2. The molecular weight excluding hydrogens is 608 g/mol. The lowest BCUT2D eigenvalue weighted by Gasteiger charge is -2.25. The molecular formula is C43H49N2O4+. The molecule has 0 spiro atoms. The Morgan fingerprint density at radius 2 is 1.57 bits per heavy atom. The highest BCUT2D eigenvalue weighted by Gasteiger charge is 2.43. The minimum Gasteiger partial charge on any atom is -0.504 e. The van der Waals surface area contributed by atoms with Crippen molar-refractivity contribution >= 4 is 23.1 Å². The van der Waals surface area contributed by atoms with Crippen LogP contribution in [0, 0.1) is 0 Å². The number of benzene rings is 3. The van der Waals surface area contributed by atoms with E-state index in [1.807, 2.05) is 0 Å². The SMILES string of the molecule is CN1/C(=C/C=C2\CCCC(/C=C/C3=[N+](C)c4ccccc4C3(C)C)=C2Oc2cccc(C(=O)OC(C)(C)C)c2O)C(C)(C)c2ccccc21. The third-order valence-corrected chi connectivity index (χ3v) is 10.1. The van der Waals surface area contributed by atoms with Crippen LogP contribution in [0.15, 0.2) is 114 Å². The molecule has 254 valence electrons. The molecule has 0 unspecified atom stereocenters. The highest BCUT2D eigenvalue weighted by molar-refractivity contribution is 6.03. The second-order valence-corrected chi connectivity index (χ2v) is 15.3. The van der Waals surface area contributed by atoms with E-state index >= 15 is 0 Å². The zero-order valence-corrected chi connectivity index (χ0v) is 30.3. The summed E-state index contributed by atoms with van der Waals surface area (Å²) in [5.41, 5.74) is 8.50. The quantitative estimate of drug-likeness (QED) is 0.211. The van der Waals surface area contributed by atoms with Crippen LogP contribution in [-0.4, -0.2) is 41.1 Å².